The maximum atomic E-state index is 11.1. The summed E-state index contributed by atoms with van der Waals surface area (Å²) in [4.78, 5) is 11.1. The summed E-state index contributed by atoms with van der Waals surface area (Å²) in [5, 5.41) is 9.25. The van der Waals surface area contributed by atoms with Crippen LogP contribution >= 0.6 is 11.6 Å². The van der Waals surface area contributed by atoms with Crippen LogP contribution < -0.4 is 0 Å². The smallest absolute Gasteiger partial charge is 0.314 e. The van der Waals surface area contributed by atoms with Crippen LogP contribution in [0, 0.1) is 23.2 Å². The van der Waals surface area contributed by atoms with E-state index in [9.17, 15) is 4.79 Å². The number of rotatable bonds is 0. The Labute approximate surface area is 74.6 Å². The third kappa shape index (κ3) is 0.919. The summed E-state index contributed by atoms with van der Waals surface area (Å²) in [5.74, 6) is -1.01. The number of nitriles is 1. The first-order valence-corrected chi connectivity index (χ1v) is 4.07. The van der Waals surface area contributed by atoms with E-state index < -0.39 is 5.92 Å². The second-order valence-electron chi connectivity index (χ2n) is 2.97. The summed E-state index contributed by atoms with van der Waals surface area (Å²) in [6, 6.07) is 2.08. The number of hydrogen-bond acceptors (Lipinski definition) is 3. The summed E-state index contributed by atoms with van der Waals surface area (Å²) in [6.45, 7) is 0. The van der Waals surface area contributed by atoms with Crippen LogP contribution in [0.4, 0.5) is 0 Å². The molecule has 3 aliphatic rings. The highest BCUT2D eigenvalue weighted by molar-refractivity contribution is 6.30. The molecule has 12 heavy (non-hydrogen) atoms. The number of ether oxygens (including phenoxy) is 1. The van der Waals surface area contributed by atoms with Gasteiger partial charge < -0.3 is 4.74 Å². The van der Waals surface area contributed by atoms with Gasteiger partial charge in [0.1, 0.15) is 6.10 Å². The Kier molecular flexibility index (Phi) is 1.59. The highest BCUT2D eigenvalue weighted by Gasteiger charge is 2.43. The second-order valence-corrected chi connectivity index (χ2v) is 3.41. The zero-order valence-electron chi connectivity index (χ0n) is 6.16. The fraction of sp³-hybridized carbons (Fsp3) is 0.500. The molecule has 0 radical (unpaired) electrons. The van der Waals surface area contributed by atoms with E-state index >= 15 is 0 Å². The van der Waals surface area contributed by atoms with Crippen molar-refractivity contribution in [2.45, 2.75) is 12.5 Å². The second kappa shape index (κ2) is 2.49. The van der Waals surface area contributed by atoms with Gasteiger partial charge in [-0.2, -0.15) is 5.26 Å². The molecule has 1 fully saturated rings. The van der Waals surface area contributed by atoms with E-state index in [4.69, 9.17) is 21.6 Å². The lowest BCUT2D eigenvalue weighted by molar-refractivity contribution is -0.159. The van der Waals surface area contributed by atoms with Crippen LogP contribution in [-0.2, 0) is 9.53 Å². The molecule has 3 atom stereocenters. The third-order valence-corrected chi connectivity index (χ3v) is 2.61. The molecule has 0 aromatic rings. The maximum absolute atomic E-state index is 11.1. The Morgan fingerprint density at radius 1 is 1.75 bits per heavy atom. The van der Waals surface area contributed by atoms with Crippen molar-refractivity contribution in [3.8, 4) is 6.07 Å². The topological polar surface area (TPSA) is 50.1 Å². The fourth-order valence-corrected chi connectivity index (χ4v) is 1.84. The van der Waals surface area contributed by atoms with E-state index in [0.29, 0.717) is 11.5 Å². The minimum absolute atomic E-state index is 0.251. The van der Waals surface area contributed by atoms with Crippen LogP contribution in [0.3, 0.4) is 0 Å². The van der Waals surface area contributed by atoms with Gasteiger partial charge in [-0.05, 0) is 0 Å². The number of halogens is 1. The van der Waals surface area contributed by atoms with Crippen molar-refractivity contribution < 1.29 is 9.53 Å². The summed E-state index contributed by atoms with van der Waals surface area (Å²) >= 11 is 5.78. The molecular formula is C8H6ClNO2. The van der Waals surface area contributed by atoms with E-state index in [1.807, 2.05) is 0 Å². The minimum atomic E-state index is -0.438. The summed E-state index contributed by atoms with van der Waals surface area (Å²) in [6.07, 6.45) is 1.81. The van der Waals surface area contributed by atoms with Gasteiger partial charge in [-0.15, -0.1) is 0 Å². The van der Waals surface area contributed by atoms with Crippen molar-refractivity contribution in [3.05, 3.63) is 11.1 Å². The van der Waals surface area contributed by atoms with Crippen LogP contribution in [0.5, 0.6) is 0 Å². The molecule has 2 bridgehead atoms. The minimum Gasteiger partial charge on any atom is -0.456 e. The molecule has 2 aliphatic heterocycles. The molecule has 0 aromatic heterocycles. The van der Waals surface area contributed by atoms with Crippen molar-refractivity contribution in [2.24, 2.45) is 11.8 Å². The summed E-state index contributed by atoms with van der Waals surface area (Å²) < 4.78 is 4.94. The third-order valence-electron chi connectivity index (χ3n) is 2.24. The average molecular weight is 184 g/mol. The number of nitrogens with zero attached hydrogens (tertiary/aromatic N) is 1. The number of esters is 1. The monoisotopic (exact) mass is 183 g/mol. The van der Waals surface area contributed by atoms with Crippen LogP contribution in [0.1, 0.15) is 6.42 Å². The zero-order chi connectivity index (χ0) is 8.72. The van der Waals surface area contributed by atoms with Gasteiger partial charge in [0.2, 0.25) is 0 Å². The fourth-order valence-electron chi connectivity index (χ4n) is 1.57. The zero-order valence-corrected chi connectivity index (χ0v) is 6.91. The van der Waals surface area contributed by atoms with E-state index in [2.05, 4.69) is 6.07 Å². The molecule has 62 valence electrons. The highest BCUT2D eigenvalue weighted by Crippen LogP contribution is 2.38. The summed E-state index contributed by atoms with van der Waals surface area (Å²) in [5.41, 5.74) is 0. The van der Waals surface area contributed by atoms with Crippen LogP contribution in [0.25, 0.3) is 0 Å². The Hall–Kier alpha value is -1.01. The molecule has 0 unspecified atom stereocenters. The molecule has 4 heteroatoms. The quantitative estimate of drug-likeness (QED) is 0.530. The van der Waals surface area contributed by atoms with Crippen molar-refractivity contribution in [1.82, 2.24) is 0 Å². The molecule has 3 nitrogen and oxygen atoms in total. The summed E-state index contributed by atoms with van der Waals surface area (Å²) in [7, 11) is 0. The van der Waals surface area contributed by atoms with Gasteiger partial charge in [0.15, 0.2) is 0 Å². The van der Waals surface area contributed by atoms with Crippen LogP contribution in [0.2, 0.25) is 0 Å². The molecule has 3 rings (SSSR count). The van der Waals surface area contributed by atoms with E-state index in [-0.39, 0.29) is 18.0 Å². The molecule has 2 heterocycles. The first-order chi connectivity index (χ1) is 5.72. The van der Waals surface area contributed by atoms with Gasteiger partial charge in [-0.1, -0.05) is 17.7 Å². The average Bonchev–Trinajstić information content (AvgIpc) is 2.06. The molecule has 0 amide bonds. The number of fused-ring (bicyclic) bond motifs is 2. The standard InChI is InChI=1S/C8H6ClNO2/c9-6-2-5-4(3-10)1-7(6)12-8(5)11/h2,4-5,7H,1H2/t4-,5-,7-/m0/s1. The van der Waals surface area contributed by atoms with Gasteiger partial charge in [0.05, 0.1) is 22.9 Å². The molecule has 0 aromatic carbocycles. The van der Waals surface area contributed by atoms with Crippen molar-refractivity contribution in [1.29, 1.82) is 5.26 Å². The van der Waals surface area contributed by atoms with Gasteiger partial charge in [0, 0.05) is 6.42 Å². The number of carbonyl (C=O) groups excluding carboxylic acids is 1. The first kappa shape index (κ1) is 7.63. The molecule has 0 N–H and O–H groups in total. The predicted molar refractivity (Wildman–Crippen MR) is 41.0 cm³/mol. The van der Waals surface area contributed by atoms with Gasteiger partial charge in [-0.3, -0.25) is 4.79 Å². The van der Waals surface area contributed by atoms with Gasteiger partial charge in [-0.25, -0.2) is 0 Å². The maximum Gasteiger partial charge on any atom is 0.314 e. The molecule has 0 spiro atoms. The Morgan fingerprint density at radius 2 is 2.50 bits per heavy atom. The number of hydrogen-bond donors (Lipinski definition) is 0. The number of carbonyl (C=O) groups is 1. The lowest BCUT2D eigenvalue weighted by Crippen LogP contribution is -2.41. The van der Waals surface area contributed by atoms with Gasteiger partial charge >= 0.3 is 5.97 Å². The molecule has 0 saturated carbocycles. The Bertz CT molecular complexity index is 305. The predicted octanol–water partition coefficient (Wildman–Crippen LogP) is 1.19. The Balaban J connectivity index is 2.36. The lowest BCUT2D eigenvalue weighted by Gasteiger charge is -2.34. The van der Waals surface area contributed by atoms with E-state index in [1.165, 1.54) is 0 Å². The first-order valence-electron chi connectivity index (χ1n) is 3.69. The molecule has 1 aliphatic carbocycles. The normalized spacial score (nSPS) is 38.5. The van der Waals surface area contributed by atoms with E-state index in [0.717, 1.165) is 0 Å². The highest BCUT2D eigenvalue weighted by atomic mass is 35.5. The van der Waals surface area contributed by atoms with Crippen molar-refractivity contribution in [3.63, 3.8) is 0 Å². The molecule has 1 saturated heterocycles. The largest absolute Gasteiger partial charge is 0.456 e. The lowest BCUT2D eigenvalue weighted by atomic mass is 9.81. The SMILES string of the molecule is N#C[C@@H]1C[C@@H]2OC(=O)[C@H]1C=C2Cl. The molecular weight excluding hydrogens is 178 g/mol. The Morgan fingerprint density at radius 3 is 3.08 bits per heavy atom. The van der Waals surface area contributed by atoms with Crippen molar-refractivity contribution in [2.75, 3.05) is 0 Å². The van der Waals surface area contributed by atoms with Crippen LogP contribution in [-0.4, -0.2) is 12.1 Å². The van der Waals surface area contributed by atoms with Crippen LogP contribution in [0.15, 0.2) is 11.1 Å². The van der Waals surface area contributed by atoms with E-state index in [1.54, 1.807) is 6.08 Å². The van der Waals surface area contributed by atoms with Crippen molar-refractivity contribution >= 4 is 17.6 Å². The van der Waals surface area contributed by atoms with Gasteiger partial charge in [0.25, 0.3) is 0 Å².